The molecule has 0 spiro atoms. The van der Waals surface area contributed by atoms with Gasteiger partial charge in [0.1, 0.15) is 11.7 Å². The zero-order valence-electron chi connectivity index (χ0n) is 14.4. The Labute approximate surface area is 141 Å². The summed E-state index contributed by atoms with van der Waals surface area (Å²) in [6.07, 6.45) is 0.708. The Balaban J connectivity index is 1.90. The van der Waals surface area contributed by atoms with E-state index in [1.807, 2.05) is 6.92 Å². The number of alkyl carbamates (subject to hydrolysis) is 1. The lowest BCUT2D eigenvalue weighted by atomic mass is 10.2. The molecule has 8 heteroatoms. The van der Waals surface area contributed by atoms with Gasteiger partial charge in [0, 0.05) is 12.7 Å². The van der Waals surface area contributed by atoms with Crippen LogP contribution in [0.25, 0.3) is 0 Å². The molecule has 1 atom stereocenters. The number of nitrogens with zero attached hydrogens (tertiary/aromatic N) is 1. The summed E-state index contributed by atoms with van der Waals surface area (Å²) in [7, 11) is 0. The molecule has 0 radical (unpaired) electrons. The maximum atomic E-state index is 11.8. The quantitative estimate of drug-likeness (QED) is 0.771. The molecular weight excluding hydrogens is 312 g/mol. The molecule has 2 rings (SSSR count). The van der Waals surface area contributed by atoms with E-state index in [0.717, 1.165) is 0 Å². The molecular formula is C16H24N4O4. The highest BCUT2D eigenvalue weighted by atomic mass is 16.6. The monoisotopic (exact) mass is 336 g/mol. The SMILES string of the molecule is CCNC(=O)c1cnc2c(c1)NCC(CNC(=O)OC(C)(C)C)O2. The second-order valence-electron chi connectivity index (χ2n) is 6.44. The van der Waals surface area contributed by atoms with Crippen molar-refractivity contribution in [2.75, 3.05) is 25.0 Å². The number of nitrogens with one attached hydrogen (secondary N) is 3. The lowest BCUT2D eigenvalue weighted by Crippen LogP contribution is -2.43. The summed E-state index contributed by atoms with van der Waals surface area (Å²) in [5, 5.41) is 8.55. The molecule has 2 amide bonds. The predicted octanol–water partition coefficient (Wildman–Crippen LogP) is 1.53. The van der Waals surface area contributed by atoms with E-state index in [2.05, 4.69) is 20.9 Å². The summed E-state index contributed by atoms with van der Waals surface area (Å²) in [5.41, 5.74) is 0.587. The van der Waals surface area contributed by atoms with E-state index in [-0.39, 0.29) is 12.0 Å². The molecule has 1 aliphatic rings. The van der Waals surface area contributed by atoms with E-state index >= 15 is 0 Å². The van der Waals surface area contributed by atoms with Gasteiger partial charge in [-0.3, -0.25) is 4.79 Å². The Morgan fingerprint density at radius 1 is 1.42 bits per heavy atom. The van der Waals surface area contributed by atoms with Gasteiger partial charge in [-0.1, -0.05) is 0 Å². The summed E-state index contributed by atoms with van der Waals surface area (Å²) >= 11 is 0. The number of rotatable bonds is 4. The number of amides is 2. The second-order valence-corrected chi connectivity index (χ2v) is 6.44. The summed E-state index contributed by atoms with van der Waals surface area (Å²) < 4.78 is 10.9. The van der Waals surface area contributed by atoms with Gasteiger partial charge in [0.25, 0.3) is 5.91 Å². The molecule has 24 heavy (non-hydrogen) atoms. The molecule has 132 valence electrons. The Bertz CT molecular complexity index is 613. The number of aromatic nitrogens is 1. The van der Waals surface area contributed by atoms with Crippen molar-refractivity contribution < 1.29 is 19.1 Å². The van der Waals surface area contributed by atoms with Crippen molar-refractivity contribution in [2.45, 2.75) is 39.4 Å². The van der Waals surface area contributed by atoms with E-state index in [9.17, 15) is 9.59 Å². The average Bonchev–Trinajstić information content (AvgIpc) is 2.51. The van der Waals surface area contributed by atoms with Gasteiger partial charge < -0.3 is 25.4 Å². The van der Waals surface area contributed by atoms with Crippen LogP contribution in [-0.4, -0.2) is 48.3 Å². The topological polar surface area (TPSA) is 102 Å². The van der Waals surface area contributed by atoms with Crippen molar-refractivity contribution in [2.24, 2.45) is 0 Å². The molecule has 0 saturated carbocycles. The zero-order valence-corrected chi connectivity index (χ0v) is 14.4. The first kappa shape index (κ1) is 17.8. The fraction of sp³-hybridized carbons (Fsp3) is 0.562. The van der Waals surface area contributed by atoms with Crippen molar-refractivity contribution >= 4 is 17.7 Å². The summed E-state index contributed by atoms with van der Waals surface area (Å²) in [6, 6.07) is 1.70. The normalized spacial score (nSPS) is 16.2. The van der Waals surface area contributed by atoms with Crippen LogP contribution in [0.1, 0.15) is 38.1 Å². The number of hydrogen-bond acceptors (Lipinski definition) is 6. The molecule has 0 saturated heterocycles. The molecule has 0 fully saturated rings. The van der Waals surface area contributed by atoms with Gasteiger partial charge in [0.2, 0.25) is 5.88 Å². The van der Waals surface area contributed by atoms with Crippen LogP contribution in [0.2, 0.25) is 0 Å². The van der Waals surface area contributed by atoms with E-state index in [1.165, 1.54) is 6.20 Å². The van der Waals surface area contributed by atoms with Gasteiger partial charge in [0.15, 0.2) is 0 Å². The van der Waals surface area contributed by atoms with Gasteiger partial charge in [-0.25, -0.2) is 9.78 Å². The third-order valence-corrected chi connectivity index (χ3v) is 3.12. The number of anilines is 1. The summed E-state index contributed by atoms with van der Waals surface area (Å²) in [6.45, 7) is 8.60. The lowest BCUT2D eigenvalue weighted by molar-refractivity contribution is 0.0501. The number of carbonyl (C=O) groups is 2. The smallest absolute Gasteiger partial charge is 0.407 e. The highest BCUT2D eigenvalue weighted by molar-refractivity contribution is 5.95. The molecule has 0 aliphatic carbocycles. The predicted molar refractivity (Wildman–Crippen MR) is 89.4 cm³/mol. The summed E-state index contributed by atoms with van der Waals surface area (Å²) in [4.78, 5) is 27.6. The van der Waals surface area contributed by atoms with Crippen LogP contribution < -0.4 is 20.7 Å². The molecule has 1 aromatic rings. The van der Waals surface area contributed by atoms with E-state index in [4.69, 9.17) is 9.47 Å². The number of fused-ring (bicyclic) bond motifs is 1. The molecule has 1 aromatic heterocycles. The lowest BCUT2D eigenvalue weighted by Gasteiger charge is -2.27. The molecule has 0 bridgehead atoms. The van der Waals surface area contributed by atoms with Crippen molar-refractivity contribution in [1.82, 2.24) is 15.6 Å². The van der Waals surface area contributed by atoms with Crippen molar-refractivity contribution in [3.05, 3.63) is 17.8 Å². The Morgan fingerprint density at radius 2 is 2.17 bits per heavy atom. The average molecular weight is 336 g/mol. The minimum atomic E-state index is -0.542. The standard InChI is InChI=1S/C16H24N4O4/c1-5-17-13(21)10-6-12-14(19-7-10)23-11(8-18-12)9-20-15(22)24-16(2,3)4/h6-7,11,18H,5,8-9H2,1-4H3,(H,17,21)(H,20,22). The highest BCUT2D eigenvalue weighted by Gasteiger charge is 2.23. The zero-order chi connectivity index (χ0) is 17.7. The van der Waals surface area contributed by atoms with Crippen LogP contribution in [0.3, 0.4) is 0 Å². The van der Waals surface area contributed by atoms with Crippen molar-refractivity contribution in [3.63, 3.8) is 0 Å². The first-order valence-electron chi connectivity index (χ1n) is 7.94. The first-order valence-corrected chi connectivity index (χ1v) is 7.94. The van der Waals surface area contributed by atoms with Crippen LogP contribution in [0, 0.1) is 0 Å². The number of ether oxygens (including phenoxy) is 2. The Hall–Kier alpha value is -2.51. The number of carbonyl (C=O) groups excluding carboxylic acids is 2. The minimum Gasteiger partial charge on any atom is -0.469 e. The fourth-order valence-corrected chi connectivity index (χ4v) is 2.11. The third-order valence-electron chi connectivity index (χ3n) is 3.12. The minimum absolute atomic E-state index is 0.177. The molecule has 8 nitrogen and oxygen atoms in total. The van der Waals surface area contributed by atoms with E-state index < -0.39 is 11.7 Å². The van der Waals surface area contributed by atoms with Crippen LogP contribution in [0.15, 0.2) is 12.3 Å². The molecule has 1 unspecified atom stereocenters. The summed E-state index contributed by atoms with van der Waals surface area (Å²) in [5.74, 6) is 0.230. The van der Waals surface area contributed by atoms with Crippen molar-refractivity contribution in [3.8, 4) is 5.88 Å². The number of pyridine rings is 1. The van der Waals surface area contributed by atoms with E-state index in [0.29, 0.717) is 36.8 Å². The first-order chi connectivity index (χ1) is 11.3. The van der Waals surface area contributed by atoms with Gasteiger partial charge >= 0.3 is 6.09 Å². The molecule has 1 aliphatic heterocycles. The maximum absolute atomic E-state index is 11.8. The van der Waals surface area contributed by atoms with Gasteiger partial charge in [0.05, 0.1) is 24.3 Å². The largest absolute Gasteiger partial charge is 0.469 e. The molecule has 0 aromatic carbocycles. The van der Waals surface area contributed by atoms with Crippen LogP contribution in [-0.2, 0) is 4.74 Å². The third kappa shape index (κ3) is 5.00. The Morgan fingerprint density at radius 3 is 2.83 bits per heavy atom. The fourth-order valence-electron chi connectivity index (χ4n) is 2.11. The van der Waals surface area contributed by atoms with Gasteiger partial charge in [-0.15, -0.1) is 0 Å². The number of hydrogen-bond donors (Lipinski definition) is 3. The maximum Gasteiger partial charge on any atom is 0.407 e. The van der Waals surface area contributed by atoms with Gasteiger partial charge in [-0.2, -0.15) is 0 Å². The van der Waals surface area contributed by atoms with E-state index in [1.54, 1.807) is 26.8 Å². The second kappa shape index (κ2) is 7.37. The molecule has 2 heterocycles. The van der Waals surface area contributed by atoms with Crippen molar-refractivity contribution in [1.29, 1.82) is 0 Å². The Kier molecular flexibility index (Phi) is 5.48. The van der Waals surface area contributed by atoms with Crippen LogP contribution >= 0.6 is 0 Å². The molecule has 3 N–H and O–H groups in total. The van der Waals surface area contributed by atoms with Gasteiger partial charge in [-0.05, 0) is 33.8 Å². The van der Waals surface area contributed by atoms with Crippen LogP contribution in [0.5, 0.6) is 5.88 Å². The van der Waals surface area contributed by atoms with Crippen LogP contribution in [0.4, 0.5) is 10.5 Å². The highest BCUT2D eigenvalue weighted by Crippen LogP contribution is 2.27.